The summed E-state index contributed by atoms with van der Waals surface area (Å²) >= 11 is 0. The molecule has 0 radical (unpaired) electrons. The number of anilines is 1. The number of hydrogen-bond donors (Lipinski definition) is 1. The van der Waals surface area contributed by atoms with Crippen LogP contribution in [0.1, 0.15) is 44.2 Å². The zero-order chi connectivity index (χ0) is 26.5. The molecule has 3 aromatic carbocycles. The third kappa shape index (κ3) is 5.37. The molecule has 0 saturated heterocycles. The summed E-state index contributed by atoms with van der Waals surface area (Å²) in [6, 6.07) is 19.1. The predicted molar refractivity (Wildman–Crippen MR) is 142 cm³/mol. The standard InChI is InChI=1S/C29H30FN5O3/c1-2-38-26-17-8-5-14-23(26)28(29(37)31-21-11-3-4-12-21)35(22-13-9-10-20(30)18-22)27(36)19-34-25-16-7-6-15-24(25)32-33-34/h5-10,13-18,21,28H,2-4,11-12,19H2,1H3,(H,31,37)/t28-/m0/s1. The molecule has 0 bridgehead atoms. The summed E-state index contributed by atoms with van der Waals surface area (Å²) in [5, 5.41) is 11.4. The van der Waals surface area contributed by atoms with E-state index < -0.39 is 17.8 Å². The van der Waals surface area contributed by atoms with Crippen molar-refractivity contribution in [3.63, 3.8) is 0 Å². The van der Waals surface area contributed by atoms with Gasteiger partial charge in [0, 0.05) is 17.3 Å². The summed E-state index contributed by atoms with van der Waals surface area (Å²) in [6.07, 6.45) is 3.84. The van der Waals surface area contributed by atoms with Crippen molar-refractivity contribution in [2.45, 2.75) is 51.2 Å². The van der Waals surface area contributed by atoms with E-state index in [1.165, 1.54) is 27.8 Å². The van der Waals surface area contributed by atoms with E-state index in [1.54, 1.807) is 24.3 Å². The number of fused-ring (bicyclic) bond motifs is 1. The van der Waals surface area contributed by atoms with Crippen LogP contribution in [-0.4, -0.2) is 39.5 Å². The van der Waals surface area contributed by atoms with E-state index >= 15 is 0 Å². The van der Waals surface area contributed by atoms with Crippen LogP contribution in [0.3, 0.4) is 0 Å². The molecule has 1 aliphatic carbocycles. The number of ether oxygens (including phenoxy) is 1. The highest BCUT2D eigenvalue weighted by Gasteiger charge is 2.36. The molecule has 2 amide bonds. The first-order valence-corrected chi connectivity index (χ1v) is 12.9. The van der Waals surface area contributed by atoms with Gasteiger partial charge in [-0.1, -0.05) is 54.5 Å². The third-order valence-electron chi connectivity index (χ3n) is 6.78. The lowest BCUT2D eigenvalue weighted by atomic mass is 10.0. The van der Waals surface area contributed by atoms with Gasteiger partial charge >= 0.3 is 0 Å². The maximum atomic E-state index is 14.5. The number of para-hydroxylation sites is 2. The Hall–Kier alpha value is -4.27. The zero-order valence-electron chi connectivity index (χ0n) is 21.2. The maximum Gasteiger partial charge on any atom is 0.249 e. The molecule has 1 fully saturated rings. The average Bonchev–Trinajstić information content (AvgIpc) is 3.58. The van der Waals surface area contributed by atoms with Crippen LogP contribution in [0.15, 0.2) is 72.8 Å². The molecular weight excluding hydrogens is 485 g/mol. The number of amides is 2. The largest absolute Gasteiger partial charge is 0.493 e. The Morgan fingerprint density at radius 3 is 2.63 bits per heavy atom. The fourth-order valence-electron chi connectivity index (χ4n) is 5.04. The number of hydrogen-bond acceptors (Lipinski definition) is 5. The van der Waals surface area contributed by atoms with E-state index in [4.69, 9.17) is 4.74 Å². The van der Waals surface area contributed by atoms with Crippen LogP contribution in [0, 0.1) is 5.82 Å². The minimum atomic E-state index is -1.09. The monoisotopic (exact) mass is 515 g/mol. The Bertz CT molecular complexity index is 1430. The van der Waals surface area contributed by atoms with E-state index in [1.807, 2.05) is 37.3 Å². The molecule has 1 atom stereocenters. The Morgan fingerprint density at radius 1 is 1.08 bits per heavy atom. The Kier molecular flexibility index (Phi) is 7.62. The molecule has 38 heavy (non-hydrogen) atoms. The molecule has 1 aliphatic rings. The van der Waals surface area contributed by atoms with Crippen LogP contribution < -0.4 is 15.0 Å². The van der Waals surface area contributed by atoms with Crippen molar-refractivity contribution >= 4 is 28.5 Å². The second-order valence-electron chi connectivity index (χ2n) is 9.34. The molecule has 1 saturated carbocycles. The van der Waals surface area contributed by atoms with Gasteiger partial charge < -0.3 is 10.1 Å². The number of carbonyl (C=O) groups excluding carboxylic acids is 2. The highest BCUT2D eigenvalue weighted by atomic mass is 19.1. The number of benzene rings is 3. The molecular formula is C29H30FN5O3. The SMILES string of the molecule is CCOc1ccccc1[C@@H](C(=O)NC1CCCC1)N(C(=O)Cn1nnc2ccccc21)c1cccc(F)c1. The van der Waals surface area contributed by atoms with Crippen molar-refractivity contribution in [1.82, 2.24) is 20.3 Å². The van der Waals surface area contributed by atoms with Gasteiger partial charge in [0.1, 0.15) is 29.7 Å². The van der Waals surface area contributed by atoms with Gasteiger partial charge in [0.15, 0.2) is 0 Å². The first-order valence-electron chi connectivity index (χ1n) is 12.9. The lowest BCUT2D eigenvalue weighted by molar-refractivity contribution is -0.127. The van der Waals surface area contributed by atoms with Crippen LogP contribution in [0.2, 0.25) is 0 Å². The van der Waals surface area contributed by atoms with Crippen LogP contribution in [0.4, 0.5) is 10.1 Å². The highest BCUT2D eigenvalue weighted by Crippen LogP contribution is 2.35. The van der Waals surface area contributed by atoms with Gasteiger partial charge in [0.25, 0.3) is 0 Å². The minimum absolute atomic E-state index is 0.0213. The summed E-state index contributed by atoms with van der Waals surface area (Å²) < 4.78 is 21.8. The van der Waals surface area contributed by atoms with Crippen molar-refractivity contribution in [2.24, 2.45) is 0 Å². The summed E-state index contributed by atoms with van der Waals surface area (Å²) in [5.41, 5.74) is 2.11. The first kappa shape index (κ1) is 25.4. The lowest BCUT2D eigenvalue weighted by Gasteiger charge is -2.33. The lowest BCUT2D eigenvalue weighted by Crippen LogP contribution is -2.47. The fraction of sp³-hybridized carbons (Fsp3) is 0.310. The number of carbonyl (C=O) groups is 2. The van der Waals surface area contributed by atoms with E-state index in [0.29, 0.717) is 29.0 Å². The summed E-state index contributed by atoms with van der Waals surface area (Å²) in [7, 11) is 0. The van der Waals surface area contributed by atoms with Gasteiger partial charge in [0.05, 0.1) is 12.1 Å². The summed E-state index contributed by atoms with van der Waals surface area (Å²) in [4.78, 5) is 29.4. The molecule has 1 heterocycles. The smallest absolute Gasteiger partial charge is 0.249 e. The van der Waals surface area contributed by atoms with Crippen molar-refractivity contribution in [1.29, 1.82) is 0 Å². The number of halogens is 1. The first-order chi connectivity index (χ1) is 18.5. The molecule has 5 rings (SSSR count). The quantitative estimate of drug-likeness (QED) is 0.346. The van der Waals surface area contributed by atoms with E-state index in [9.17, 15) is 14.0 Å². The van der Waals surface area contributed by atoms with Crippen molar-refractivity contribution in [3.05, 3.63) is 84.2 Å². The van der Waals surface area contributed by atoms with Gasteiger partial charge in [0.2, 0.25) is 11.8 Å². The van der Waals surface area contributed by atoms with E-state index in [-0.39, 0.29) is 24.2 Å². The number of nitrogens with zero attached hydrogens (tertiary/aromatic N) is 4. The Morgan fingerprint density at radius 2 is 1.84 bits per heavy atom. The fourth-order valence-corrected chi connectivity index (χ4v) is 5.04. The molecule has 4 aromatic rings. The maximum absolute atomic E-state index is 14.5. The predicted octanol–water partition coefficient (Wildman–Crippen LogP) is 4.80. The van der Waals surface area contributed by atoms with Gasteiger partial charge in [-0.25, -0.2) is 9.07 Å². The Labute approximate surface area is 220 Å². The normalized spacial score (nSPS) is 14.4. The molecule has 196 valence electrons. The van der Waals surface area contributed by atoms with Gasteiger partial charge in [-0.05, 0) is 56.2 Å². The summed E-state index contributed by atoms with van der Waals surface area (Å²) in [5.74, 6) is -0.809. The molecule has 0 spiro atoms. The molecule has 8 nitrogen and oxygen atoms in total. The minimum Gasteiger partial charge on any atom is -0.493 e. The van der Waals surface area contributed by atoms with Crippen LogP contribution >= 0.6 is 0 Å². The Balaban J connectivity index is 1.61. The average molecular weight is 516 g/mol. The molecule has 0 unspecified atom stereocenters. The van der Waals surface area contributed by atoms with Crippen molar-refractivity contribution in [2.75, 3.05) is 11.5 Å². The molecule has 1 N–H and O–H groups in total. The van der Waals surface area contributed by atoms with Gasteiger partial charge in [-0.2, -0.15) is 0 Å². The number of rotatable bonds is 9. The number of aromatic nitrogens is 3. The van der Waals surface area contributed by atoms with E-state index in [2.05, 4.69) is 15.6 Å². The van der Waals surface area contributed by atoms with Crippen LogP contribution in [-0.2, 0) is 16.1 Å². The third-order valence-corrected chi connectivity index (χ3v) is 6.78. The van der Waals surface area contributed by atoms with Crippen LogP contribution in [0.5, 0.6) is 5.75 Å². The van der Waals surface area contributed by atoms with Gasteiger partial charge in [-0.3, -0.25) is 14.5 Å². The molecule has 1 aromatic heterocycles. The number of nitrogens with one attached hydrogen (secondary N) is 1. The summed E-state index contributed by atoms with van der Waals surface area (Å²) in [6.45, 7) is 2.05. The zero-order valence-corrected chi connectivity index (χ0v) is 21.2. The van der Waals surface area contributed by atoms with Gasteiger partial charge in [-0.15, -0.1) is 5.10 Å². The molecule has 9 heteroatoms. The van der Waals surface area contributed by atoms with Crippen molar-refractivity contribution < 1.29 is 18.7 Å². The topological polar surface area (TPSA) is 89.4 Å². The van der Waals surface area contributed by atoms with Crippen molar-refractivity contribution in [3.8, 4) is 5.75 Å². The second kappa shape index (κ2) is 11.4. The molecule has 0 aliphatic heterocycles. The van der Waals surface area contributed by atoms with Crippen LogP contribution in [0.25, 0.3) is 11.0 Å². The second-order valence-corrected chi connectivity index (χ2v) is 9.34. The highest BCUT2D eigenvalue weighted by molar-refractivity contribution is 6.02. The van der Waals surface area contributed by atoms with E-state index in [0.717, 1.165) is 25.7 Å².